The zero-order chi connectivity index (χ0) is 15.1. The second kappa shape index (κ2) is 18.5. The van der Waals surface area contributed by atoms with E-state index in [0.29, 0.717) is 0 Å². The van der Waals surface area contributed by atoms with E-state index in [1.165, 1.54) is 57.8 Å². The zero-order valence-electron chi connectivity index (χ0n) is 15.7. The van der Waals surface area contributed by atoms with E-state index in [4.69, 9.17) is 5.11 Å². The average molecular weight is 309 g/mol. The van der Waals surface area contributed by atoms with Crippen LogP contribution in [0.5, 0.6) is 0 Å². The summed E-state index contributed by atoms with van der Waals surface area (Å²) in [7, 11) is 0. The van der Waals surface area contributed by atoms with Crippen LogP contribution in [0.25, 0.3) is 0 Å². The summed E-state index contributed by atoms with van der Waals surface area (Å²) in [6.07, 6.45) is 14.3. The van der Waals surface area contributed by atoms with Gasteiger partial charge in [-0.3, -0.25) is 9.69 Å². The summed E-state index contributed by atoms with van der Waals surface area (Å²) in [5.41, 5.74) is 0. The summed E-state index contributed by atoms with van der Waals surface area (Å²) < 4.78 is 0. The van der Waals surface area contributed by atoms with Gasteiger partial charge in [-0.2, -0.15) is 0 Å². The van der Waals surface area contributed by atoms with Gasteiger partial charge in [-0.1, -0.05) is 71.6 Å². The molecule has 0 saturated carbocycles. The number of hydrogen-bond acceptors (Lipinski definition) is 2. The van der Waals surface area contributed by atoms with Crippen molar-refractivity contribution >= 4 is 5.97 Å². The van der Waals surface area contributed by atoms with E-state index in [9.17, 15) is 4.79 Å². The van der Waals surface area contributed by atoms with Crippen molar-refractivity contribution in [1.82, 2.24) is 4.90 Å². The molecule has 0 saturated heterocycles. The SMILES string of the molecule is CCCCCCCCCCCCN(CCC)CC(=O)O.[H-].[Na+]. The zero-order valence-corrected chi connectivity index (χ0v) is 16.7. The normalized spacial score (nSPS) is 10.6. The fourth-order valence-corrected chi connectivity index (χ4v) is 2.60. The van der Waals surface area contributed by atoms with Gasteiger partial charge in [0, 0.05) is 0 Å². The van der Waals surface area contributed by atoms with Crippen LogP contribution < -0.4 is 29.6 Å². The van der Waals surface area contributed by atoms with Crippen molar-refractivity contribution in [3.8, 4) is 0 Å². The van der Waals surface area contributed by atoms with Crippen molar-refractivity contribution in [3.05, 3.63) is 0 Å². The van der Waals surface area contributed by atoms with Crippen LogP contribution in [-0.2, 0) is 4.79 Å². The van der Waals surface area contributed by atoms with Gasteiger partial charge in [0.2, 0.25) is 0 Å². The Morgan fingerprint density at radius 1 is 0.810 bits per heavy atom. The van der Waals surface area contributed by atoms with Gasteiger partial charge in [-0.15, -0.1) is 0 Å². The topological polar surface area (TPSA) is 40.5 Å². The van der Waals surface area contributed by atoms with E-state index in [1.54, 1.807) is 0 Å². The maximum atomic E-state index is 10.7. The van der Waals surface area contributed by atoms with Crippen LogP contribution in [0, 0.1) is 0 Å². The summed E-state index contributed by atoms with van der Waals surface area (Å²) in [6, 6.07) is 0. The van der Waals surface area contributed by atoms with Crippen molar-refractivity contribution in [3.63, 3.8) is 0 Å². The predicted molar refractivity (Wildman–Crippen MR) is 87.3 cm³/mol. The predicted octanol–water partition coefficient (Wildman–Crippen LogP) is 1.82. The molecular formula is C17H36NNaO2. The third-order valence-electron chi connectivity index (χ3n) is 3.73. The molecule has 0 aromatic carbocycles. The third-order valence-corrected chi connectivity index (χ3v) is 3.73. The molecule has 0 aromatic rings. The molecule has 0 heterocycles. The van der Waals surface area contributed by atoms with Crippen molar-refractivity contribution in [2.45, 2.75) is 84.5 Å². The van der Waals surface area contributed by atoms with Crippen molar-refractivity contribution in [2.75, 3.05) is 19.6 Å². The Balaban J connectivity index is -0.00000180. The molecule has 0 amide bonds. The van der Waals surface area contributed by atoms with Crippen LogP contribution in [0.4, 0.5) is 0 Å². The van der Waals surface area contributed by atoms with E-state index in [0.717, 1.165) is 25.9 Å². The number of carboxylic acid groups (broad SMARTS) is 1. The van der Waals surface area contributed by atoms with Gasteiger partial charge in [0.15, 0.2) is 0 Å². The second-order valence-electron chi connectivity index (χ2n) is 5.85. The smallest absolute Gasteiger partial charge is 1.00 e. The van der Waals surface area contributed by atoms with E-state index < -0.39 is 5.97 Å². The summed E-state index contributed by atoms with van der Waals surface area (Å²) >= 11 is 0. The van der Waals surface area contributed by atoms with Gasteiger partial charge in [0.05, 0.1) is 6.54 Å². The fourth-order valence-electron chi connectivity index (χ4n) is 2.60. The summed E-state index contributed by atoms with van der Waals surface area (Å²) in [5, 5.41) is 8.83. The maximum absolute atomic E-state index is 10.7. The Hall–Kier alpha value is 0.430. The number of nitrogens with zero attached hydrogens (tertiary/aromatic N) is 1. The van der Waals surface area contributed by atoms with Crippen LogP contribution in [0.3, 0.4) is 0 Å². The average Bonchev–Trinajstić information content (AvgIpc) is 2.40. The van der Waals surface area contributed by atoms with Crippen LogP contribution in [-0.4, -0.2) is 35.6 Å². The molecular weight excluding hydrogens is 273 g/mol. The molecule has 0 aliphatic carbocycles. The Labute approximate surface area is 155 Å². The van der Waals surface area contributed by atoms with Gasteiger partial charge in [-0.25, -0.2) is 0 Å². The molecule has 0 aliphatic heterocycles. The Morgan fingerprint density at radius 3 is 1.71 bits per heavy atom. The first-order valence-electron chi connectivity index (χ1n) is 8.64. The standard InChI is InChI=1S/C17H35NO2.Na.H/c1-3-5-6-7-8-9-10-11-12-13-15-18(14-4-2)16-17(19)20;;/h3-16H2,1-2H3,(H,19,20);;/q;+1;-1. The van der Waals surface area contributed by atoms with E-state index in [-0.39, 0.29) is 37.5 Å². The van der Waals surface area contributed by atoms with Crippen molar-refractivity contribution < 1.29 is 40.9 Å². The monoisotopic (exact) mass is 309 g/mol. The summed E-state index contributed by atoms with van der Waals surface area (Å²) in [6.45, 7) is 6.41. The summed E-state index contributed by atoms with van der Waals surface area (Å²) in [5.74, 6) is -0.703. The first kappa shape index (κ1) is 23.7. The molecule has 21 heavy (non-hydrogen) atoms. The quantitative estimate of drug-likeness (QED) is 0.370. The molecule has 0 atom stereocenters. The fraction of sp³-hybridized carbons (Fsp3) is 0.941. The molecule has 0 bridgehead atoms. The molecule has 0 aromatic heterocycles. The Morgan fingerprint density at radius 2 is 1.29 bits per heavy atom. The van der Waals surface area contributed by atoms with Crippen LogP contribution >= 0.6 is 0 Å². The van der Waals surface area contributed by atoms with Crippen molar-refractivity contribution in [1.29, 1.82) is 0 Å². The molecule has 0 rings (SSSR count). The second-order valence-corrected chi connectivity index (χ2v) is 5.85. The number of hydrogen-bond donors (Lipinski definition) is 1. The van der Waals surface area contributed by atoms with Crippen molar-refractivity contribution in [2.24, 2.45) is 0 Å². The minimum Gasteiger partial charge on any atom is -1.00 e. The third kappa shape index (κ3) is 18.4. The Bertz CT molecular complexity index is 231. The van der Waals surface area contributed by atoms with Gasteiger partial charge in [-0.05, 0) is 25.9 Å². The number of unbranched alkanes of at least 4 members (excludes halogenated alkanes) is 9. The molecule has 0 unspecified atom stereocenters. The molecule has 0 radical (unpaired) electrons. The minimum atomic E-state index is -0.703. The minimum absolute atomic E-state index is 0. The molecule has 1 N–H and O–H groups in total. The van der Waals surface area contributed by atoms with Gasteiger partial charge in [0.1, 0.15) is 0 Å². The van der Waals surface area contributed by atoms with Gasteiger partial charge >= 0.3 is 35.5 Å². The number of rotatable bonds is 15. The molecule has 0 aliphatic rings. The molecule has 3 nitrogen and oxygen atoms in total. The van der Waals surface area contributed by atoms with E-state index in [2.05, 4.69) is 18.7 Å². The van der Waals surface area contributed by atoms with E-state index in [1.807, 2.05) is 0 Å². The van der Waals surface area contributed by atoms with E-state index >= 15 is 0 Å². The number of carboxylic acids is 1. The van der Waals surface area contributed by atoms with Gasteiger partial charge < -0.3 is 6.53 Å². The first-order chi connectivity index (χ1) is 9.70. The summed E-state index contributed by atoms with van der Waals surface area (Å²) in [4.78, 5) is 12.8. The number of aliphatic carboxylic acids is 1. The maximum Gasteiger partial charge on any atom is 1.00 e. The van der Waals surface area contributed by atoms with Crippen LogP contribution in [0.2, 0.25) is 0 Å². The van der Waals surface area contributed by atoms with Crippen LogP contribution in [0.15, 0.2) is 0 Å². The molecule has 122 valence electrons. The molecule has 4 heteroatoms. The van der Waals surface area contributed by atoms with Gasteiger partial charge in [0.25, 0.3) is 0 Å². The first-order valence-corrected chi connectivity index (χ1v) is 8.64. The largest absolute Gasteiger partial charge is 1.00 e. The molecule has 0 fully saturated rings. The molecule has 0 spiro atoms. The van der Waals surface area contributed by atoms with Crippen LogP contribution in [0.1, 0.15) is 85.9 Å². The number of carbonyl (C=O) groups is 1. The Kier molecular flexibility index (Phi) is 20.8.